The van der Waals surface area contributed by atoms with Gasteiger partial charge in [0.1, 0.15) is 35.2 Å². The minimum Gasteiger partial charge on any atom is -0.481 e. The van der Waals surface area contributed by atoms with Crippen LogP contribution in [0.15, 0.2) is 48.8 Å². The van der Waals surface area contributed by atoms with Gasteiger partial charge in [-0.05, 0) is 183 Å². The fraction of sp³-hybridized carbons (Fsp3) is 0.636. The Morgan fingerprint density at radius 2 is 0.865 bits per heavy atom. The lowest BCUT2D eigenvalue weighted by Gasteiger charge is -2.34. The monoisotopic (exact) mass is 1370 g/mol. The van der Waals surface area contributed by atoms with E-state index in [1.54, 1.807) is 19.3 Å². The Morgan fingerprint density at radius 3 is 1.18 bits per heavy atom. The Kier molecular flexibility index (Phi) is 23.1. The van der Waals surface area contributed by atoms with Crippen molar-refractivity contribution in [3.63, 3.8) is 0 Å². The average molecular weight is 1370 g/mol. The van der Waals surface area contributed by atoms with E-state index < -0.39 is 101 Å². The number of amides is 2. The molecule has 18 nitrogen and oxygen atoms in total. The second-order valence-corrected chi connectivity index (χ2v) is 25.9. The van der Waals surface area contributed by atoms with Gasteiger partial charge in [-0.1, -0.05) is 0 Å². The van der Waals surface area contributed by atoms with Crippen LogP contribution >= 0.6 is 0 Å². The number of carbonyl (C=O) groups is 4. The van der Waals surface area contributed by atoms with Gasteiger partial charge < -0.3 is 38.9 Å². The summed E-state index contributed by atoms with van der Waals surface area (Å²) in [6.07, 6.45) is -9.77. The SMILES string of the molecule is CCN(CC1CCC(CC(=O)O)CC1)c1ncc(N2CCCC2)nc1CN1C(=O)OC(c2cc(C(F)(F)F)cc(C(F)(F)F)c2)[C@@H]1C.CCOC(=O)CC1CCC(CN(CC)c2ncc(N3CCCC3)nc2CN2C(=O)OC(c3cc(C(F)(F)F)cc(C(F)(F)F)c3)[C@@H]2C)CC1. The van der Waals surface area contributed by atoms with E-state index in [1.165, 1.54) is 23.6 Å². The molecule has 6 aliphatic rings. The standard InChI is InChI=1S/C34H43F6N5O4.C32H39F6N5O4/c1-4-43(19-23-10-8-22(9-11-23)14-29(46)48-5-2)31-27(42-28(18-41-31)44-12-6-7-13-44)20-45-21(3)30(49-32(45)47)24-15-25(33(35,36)37)17-26(16-24)34(38,39)40;1-3-41(17-21-8-6-20(7-9-21)12-27(44)45)29-25(40-26(16-39-29)42-10-4-5-11-42)18-43-19(2)28(47-30(43)46)22-13-23(31(33,34)35)15-24(14-22)32(36,37)38/h15-18,21-23,30H,4-14,19-20H2,1-3H3;13-16,19-21,28H,3-12,17-18H2,1-2H3,(H,44,45)/t21-,22?,23?,30?;19-,20?,21?,28?/m00/s1. The number of esters is 1. The molecule has 0 bridgehead atoms. The number of alkyl halides is 12. The number of hydrogen-bond acceptors (Lipinski definition) is 15. The fourth-order valence-electron chi connectivity index (χ4n) is 14.0. The summed E-state index contributed by atoms with van der Waals surface area (Å²) in [5.41, 5.74) is -5.79. The highest BCUT2D eigenvalue weighted by Gasteiger charge is 2.47. The number of nitrogens with zero attached hydrogens (tertiary/aromatic N) is 10. The third-order valence-electron chi connectivity index (χ3n) is 19.3. The van der Waals surface area contributed by atoms with Crippen molar-refractivity contribution in [3.8, 4) is 0 Å². The summed E-state index contributed by atoms with van der Waals surface area (Å²) in [4.78, 5) is 79.9. The molecule has 1 N–H and O–H groups in total. The number of carbonyl (C=O) groups excluding carboxylic acids is 3. The number of rotatable bonds is 21. The molecular weight excluding hydrogens is 1290 g/mol. The molecule has 4 saturated heterocycles. The second kappa shape index (κ2) is 30.5. The van der Waals surface area contributed by atoms with E-state index in [1.807, 2.05) is 13.8 Å². The fourth-order valence-corrected chi connectivity index (χ4v) is 14.0. The molecule has 30 heteroatoms. The largest absolute Gasteiger partial charge is 0.481 e. The molecule has 2 aromatic carbocycles. The molecule has 2 unspecified atom stereocenters. The van der Waals surface area contributed by atoms with Crippen LogP contribution in [0.1, 0.15) is 181 Å². The summed E-state index contributed by atoms with van der Waals surface area (Å²) < 4.78 is 179. The highest BCUT2D eigenvalue weighted by Crippen LogP contribution is 2.45. The zero-order valence-electron chi connectivity index (χ0n) is 54.2. The van der Waals surface area contributed by atoms with E-state index in [0.29, 0.717) is 104 Å². The Hall–Kier alpha value is -7.56. The van der Waals surface area contributed by atoms with Crippen LogP contribution in [0.4, 0.5) is 85.5 Å². The zero-order chi connectivity index (χ0) is 69.6. The Labute approximate surface area is 549 Å². The van der Waals surface area contributed by atoms with Crippen LogP contribution in [0.3, 0.4) is 0 Å². The van der Waals surface area contributed by atoms with Crippen LogP contribution in [0.5, 0.6) is 0 Å². The number of benzene rings is 2. The van der Waals surface area contributed by atoms with Gasteiger partial charge in [0.05, 0.1) is 66.4 Å². The van der Waals surface area contributed by atoms with Gasteiger partial charge in [0.15, 0.2) is 11.6 Å². The van der Waals surface area contributed by atoms with Gasteiger partial charge >= 0.3 is 48.8 Å². The number of hydrogen-bond donors (Lipinski definition) is 1. The molecule has 0 radical (unpaired) electrons. The van der Waals surface area contributed by atoms with Crippen molar-refractivity contribution in [1.82, 2.24) is 29.7 Å². The first-order valence-electron chi connectivity index (χ1n) is 32.9. The lowest BCUT2D eigenvalue weighted by molar-refractivity contribution is -0.145. The first-order valence-corrected chi connectivity index (χ1v) is 32.9. The van der Waals surface area contributed by atoms with Crippen LogP contribution in [0, 0.1) is 23.7 Å². The van der Waals surface area contributed by atoms with Gasteiger partial charge in [0.2, 0.25) is 0 Å². The van der Waals surface area contributed by atoms with E-state index in [9.17, 15) is 71.9 Å². The lowest BCUT2D eigenvalue weighted by Crippen LogP contribution is -2.36. The summed E-state index contributed by atoms with van der Waals surface area (Å²) in [6, 6.07) is 0.669. The van der Waals surface area contributed by atoms with Gasteiger partial charge in [-0.3, -0.25) is 19.4 Å². The minimum absolute atomic E-state index is 0.0480. The molecule has 2 amide bonds. The molecule has 6 heterocycles. The molecule has 2 saturated carbocycles. The maximum Gasteiger partial charge on any atom is 0.416 e. The summed E-state index contributed by atoms with van der Waals surface area (Å²) in [6.45, 7) is 14.5. The van der Waals surface area contributed by atoms with Gasteiger partial charge in [-0.2, -0.15) is 52.7 Å². The van der Waals surface area contributed by atoms with Crippen molar-refractivity contribution in [2.24, 2.45) is 23.7 Å². The van der Waals surface area contributed by atoms with E-state index in [2.05, 4.69) is 19.6 Å². The summed E-state index contributed by atoms with van der Waals surface area (Å²) in [5.74, 6) is 2.41. The zero-order valence-corrected chi connectivity index (χ0v) is 54.2. The summed E-state index contributed by atoms with van der Waals surface area (Å²) >= 11 is 0. The molecule has 4 atom stereocenters. The number of anilines is 4. The van der Waals surface area contributed by atoms with E-state index in [0.717, 1.165) is 103 Å². The Bertz CT molecular complexity index is 3280. The van der Waals surface area contributed by atoms with Crippen LogP contribution in [-0.2, 0) is 61.6 Å². The van der Waals surface area contributed by atoms with E-state index >= 15 is 0 Å². The van der Waals surface area contributed by atoms with Crippen LogP contribution < -0.4 is 19.6 Å². The van der Waals surface area contributed by atoms with Gasteiger partial charge in [0.25, 0.3) is 0 Å². The first kappa shape index (κ1) is 72.7. The molecule has 0 spiro atoms. The molecule has 2 aromatic heterocycles. The molecule has 6 fully saturated rings. The molecule has 2 aliphatic carbocycles. The maximum atomic E-state index is 13.6. The quantitative estimate of drug-likeness (QED) is 0.0471. The third kappa shape index (κ3) is 18.0. The topological polar surface area (TPSA) is 187 Å². The normalized spacial score (nSPS) is 23.4. The molecule has 10 rings (SSSR count). The van der Waals surface area contributed by atoms with Crippen LogP contribution in [0.2, 0.25) is 0 Å². The molecule has 4 aliphatic heterocycles. The van der Waals surface area contributed by atoms with Crippen LogP contribution in [0.25, 0.3) is 0 Å². The predicted molar refractivity (Wildman–Crippen MR) is 328 cm³/mol. The lowest BCUT2D eigenvalue weighted by atomic mass is 9.80. The predicted octanol–water partition coefficient (Wildman–Crippen LogP) is 15.1. The van der Waals surface area contributed by atoms with E-state index in [-0.39, 0.29) is 55.4 Å². The summed E-state index contributed by atoms with van der Waals surface area (Å²) in [5, 5.41) is 9.17. The van der Waals surface area contributed by atoms with Crippen molar-refractivity contribution in [2.45, 2.75) is 187 Å². The number of halogens is 12. The Balaban J connectivity index is 0.000000226. The third-order valence-corrected chi connectivity index (χ3v) is 19.3. The number of carboxylic acids is 1. The van der Waals surface area contributed by atoms with Gasteiger partial charge in [0, 0.05) is 65.2 Å². The second-order valence-electron chi connectivity index (χ2n) is 25.9. The molecule has 4 aromatic rings. The highest BCUT2D eigenvalue weighted by molar-refractivity contribution is 5.73. The van der Waals surface area contributed by atoms with Crippen LogP contribution in [-0.4, -0.2) is 130 Å². The summed E-state index contributed by atoms with van der Waals surface area (Å²) in [7, 11) is 0. The van der Waals surface area contributed by atoms with Crippen molar-refractivity contribution < 1.29 is 91.2 Å². The maximum absolute atomic E-state index is 13.6. The highest BCUT2D eigenvalue weighted by atomic mass is 19.4. The smallest absolute Gasteiger partial charge is 0.416 e. The number of cyclic esters (lactones) is 2. The van der Waals surface area contributed by atoms with Crippen molar-refractivity contribution in [3.05, 3.63) is 93.6 Å². The average Bonchev–Trinajstić information content (AvgIpc) is 1.64. The minimum atomic E-state index is -5.04. The first-order chi connectivity index (χ1) is 45.3. The number of aromatic nitrogens is 4. The van der Waals surface area contributed by atoms with E-state index in [4.69, 9.17) is 39.3 Å². The van der Waals surface area contributed by atoms with Crippen molar-refractivity contribution in [1.29, 1.82) is 0 Å². The molecule has 528 valence electrons. The van der Waals surface area contributed by atoms with Gasteiger partial charge in [-0.25, -0.2) is 29.5 Å². The number of carboxylic acid groups (broad SMARTS) is 1. The number of ether oxygens (including phenoxy) is 3. The Morgan fingerprint density at radius 1 is 0.531 bits per heavy atom. The van der Waals surface area contributed by atoms with Crippen molar-refractivity contribution in [2.75, 3.05) is 78.6 Å². The molecular formula is C66H82F12N10O8. The number of aliphatic carboxylic acids is 1. The molecule has 96 heavy (non-hydrogen) atoms. The van der Waals surface area contributed by atoms with Gasteiger partial charge in [-0.15, -0.1) is 0 Å². The van der Waals surface area contributed by atoms with Crippen molar-refractivity contribution >= 4 is 47.4 Å².